The summed E-state index contributed by atoms with van der Waals surface area (Å²) in [6.07, 6.45) is 0.714. The van der Waals surface area contributed by atoms with Crippen molar-refractivity contribution in [2.24, 2.45) is 0 Å². The minimum Gasteiger partial charge on any atom is -0.493 e. The summed E-state index contributed by atoms with van der Waals surface area (Å²) >= 11 is 0. The number of hydrogen-bond acceptors (Lipinski definition) is 7. The lowest BCUT2D eigenvalue weighted by Gasteiger charge is -2.32. The Balaban J connectivity index is 1.30. The molecule has 10 heteroatoms. The van der Waals surface area contributed by atoms with Crippen LogP contribution in [0.25, 0.3) is 0 Å². The fourth-order valence-corrected chi connectivity index (χ4v) is 4.50. The molecule has 0 amide bonds. The topological polar surface area (TPSA) is 95.5 Å². The Kier molecular flexibility index (Phi) is 7.09. The lowest BCUT2D eigenvalue weighted by molar-refractivity contribution is 0.326. The number of aromatic nitrogens is 2. The number of hydrogen-bond donors (Lipinski definition) is 0. The van der Waals surface area contributed by atoms with Crippen LogP contribution in [0.3, 0.4) is 0 Å². The normalized spacial score (nSPS) is 15.3. The third-order valence-electron chi connectivity index (χ3n) is 4.96. The summed E-state index contributed by atoms with van der Waals surface area (Å²) in [7, 11) is -1.28. The van der Waals surface area contributed by atoms with Crippen LogP contribution in [-0.4, -0.2) is 51.4 Å². The summed E-state index contributed by atoms with van der Waals surface area (Å²) in [5, 5.41) is 12.6. The first-order chi connectivity index (χ1) is 15.6. The standard InChI is InChI=1S/C22H22FN5O3S/c23-18-4-1-3-17(15-18)16-21-25-22(31-26-21)27-10-12-28(13-11-27)32(29)20-7-5-19(6-8-20)30-14-2-9-24/h1,3-8,15H,2,10-14,16H2. The quantitative estimate of drug-likeness (QED) is 0.482. The van der Waals surface area contributed by atoms with Crippen molar-refractivity contribution in [2.75, 3.05) is 37.7 Å². The lowest BCUT2D eigenvalue weighted by atomic mass is 10.1. The summed E-state index contributed by atoms with van der Waals surface area (Å²) in [5.74, 6) is 0.849. The van der Waals surface area contributed by atoms with Crippen molar-refractivity contribution in [2.45, 2.75) is 17.7 Å². The van der Waals surface area contributed by atoms with Gasteiger partial charge in [0.25, 0.3) is 0 Å². The summed E-state index contributed by atoms with van der Waals surface area (Å²) < 4.78 is 39.0. The predicted octanol–water partition coefficient (Wildman–Crippen LogP) is 2.94. The maximum absolute atomic E-state index is 13.4. The first kappa shape index (κ1) is 21.9. The minimum absolute atomic E-state index is 0.295. The van der Waals surface area contributed by atoms with E-state index in [1.165, 1.54) is 12.1 Å². The number of piperazine rings is 1. The second kappa shape index (κ2) is 10.3. The molecule has 1 unspecified atom stereocenters. The van der Waals surface area contributed by atoms with Gasteiger partial charge in [0, 0.05) is 32.6 Å². The fraction of sp³-hybridized carbons (Fsp3) is 0.318. The summed E-state index contributed by atoms with van der Waals surface area (Å²) in [5.41, 5.74) is 0.777. The van der Waals surface area contributed by atoms with Gasteiger partial charge < -0.3 is 14.2 Å². The molecule has 0 radical (unpaired) electrons. The van der Waals surface area contributed by atoms with Gasteiger partial charge in [0.15, 0.2) is 5.82 Å². The van der Waals surface area contributed by atoms with E-state index in [1.807, 2.05) is 21.3 Å². The molecular weight excluding hydrogens is 433 g/mol. The highest BCUT2D eigenvalue weighted by molar-refractivity contribution is 7.82. The molecule has 1 atom stereocenters. The summed E-state index contributed by atoms with van der Waals surface area (Å²) in [6.45, 7) is 2.69. The molecule has 1 fully saturated rings. The van der Waals surface area contributed by atoms with Gasteiger partial charge in [0.1, 0.15) is 29.2 Å². The first-order valence-corrected chi connectivity index (χ1v) is 11.3. The Hall–Kier alpha value is -3.29. The maximum Gasteiger partial charge on any atom is 0.324 e. The molecule has 3 aromatic rings. The van der Waals surface area contributed by atoms with Gasteiger partial charge in [-0.05, 0) is 42.0 Å². The van der Waals surface area contributed by atoms with E-state index in [0.29, 0.717) is 68.1 Å². The van der Waals surface area contributed by atoms with Crippen LogP contribution in [0.15, 0.2) is 57.9 Å². The Morgan fingerprint density at radius 2 is 1.94 bits per heavy atom. The van der Waals surface area contributed by atoms with Crippen LogP contribution in [0, 0.1) is 17.1 Å². The molecule has 2 heterocycles. The van der Waals surface area contributed by atoms with Crippen molar-refractivity contribution in [3.05, 3.63) is 65.7 Å². The molecule has 0 saturated carbocycles. The van der Waals surface area contributed by atoms with Crippen molar-refractivity contribution in [3.8, 4) is 11.8 Å². The SMILES string of the molecule is N#CCCOc1ccc(S(=O)N2CCN(c3nc(Cc4cccc(F)c4)no3)CC2)cc1. The van der Waals surface area contributed by atoms with E-state index in [-0.39, 0.29) is 5.82 Å². The second-order valence-electron chi connectivity index (χ2n) is 7.19. The molecule has 166 valence electrons. The van der Waals surface area contributed by atoms with Crippen molar-refractivity contribution in [1.29, 1.82) is 5.26 Å². The number of nitriles is 1. The highest BCUT2D eigenvalue weighted by atomic mass is 32.2. The van der Waals surface area contributed by atoms with Crippen molar-refractivity contribution < 1.29 is 17.9 Å². The largest absolute Gasteiger partial charge is 0.493 e. The Morgan fingerprint density at radius 3 is 2.66 bits per heavy atom. The number of ether oxygens (including phenoxy) is 1. The number of nitrogens with zero attached hydrogens (tertiary/aromatic N) is 5. The van der Waals surface area contributed by atoms with Crippen LogP contribution in [0.2, 0.25) is 0 Å². The van der Waals surface area contributed by atoms with Gasteiger partial charge in [0.05, 0.1) is 17.4 Å². The lowest BCUT2D eigenvalue weighted by Crippen LogP contribution is -2.47. The Morgan fingerprint density at radius 1 is 1.16 bits per heavy atom. The van der Waals surface area contributed by atoms with E-state index in [2.05, 4.69) is 10.1 Å². The van der Waals surface area contributed by atoms with E-state index in [0.717, 1.165) is 5.56 Å². The summed E-state index contributed by atoms with van der Waals surface area (Å²) in [6, 6.07) is 15.8. The zero-order valence-corrected chi connectivity index (χ0v) is 18.1. The highest BCUT2D eigenvalue weighted by Crippen LogP contribution is 2.20. The van der Waals surface area contributed by atoms with Gasteiger partial charge in [-0.1, -0.05) is 17.3 Å². The van der Waals surface area contributed by atoms with Crippen LogP contribution in [0.4, 0.5) is 10.4 Å². The number of anilines is 1. The van der Waals surface area contributed by atoms with Gasteiger partial charge in [-0.15, -0.1) is 0 Å². The van der Waals surface area contributed by atoms with Crippen molar-refractivity contribution in [1.82, 2.24) is 14.4 Å². The minimum atomic E-state index is -1.28. The highest BCUT2D eigenvalue weighted by Gasteiger charge is 2.25. The summed E-state index contributed by atoms with van der Waals surface area (Å²) in [4.78, 5) is 7.08. The third-order valence-corrected chi connectivity index (χ3v) is 6.47. The smallest absolute Gasteiger partial charge is 0.324 e. The molecule has 1 aliphatic heterocycles. The second-order valence-corrected chi connectivity index (χ2v) is 8.68. The molecule has 0 bridgehead atoms. The van der Waals surface area contributed by atoms with Crippen LogP contribution in [0.1, 0.15) is 17.8 Å². The zero-order valence-electron chi connectivity index (χ0n) is 17.3. The monoisotopic (exact) mass is 455 g/mol. The molecule has 0 aliphatic carbocycles. The van der Waals surface area contributed by atoms with Crippen LogP contribution >= 0.6 is 0 Å². The van der Waals surface area contributed by atoms with E-state index < -0.39 is 11.0 Å². The molecule has 8 nitrogen and oxygen atoms in total. The van der Waals surface area contributed by atoms with E-state index in [1.54, 1.807) is 30.3 Å². The van der Waals surface area contributed by atoms with Gasteiger partial charge >= 0.3 is 6.01 Å². The number of rotatable bonds is 8. The molecule has 4 rings (SSSR count). The molecule has 32 heavy (non-hydrogen) atoms. The van der Waals surface area contributed by atoms with Gasteiger partial charge in [0.2, 0.25) is 0 Å². The molecule has 0 N–H and O–H groups in total. The molecular formula is C22H22FN5O3S. The Bertz CT molecular complexity index is 1110. The molecule has 1 aromatic heterocycles. The van der Waals surface area contributed by atoms with Gasteiger partial charge in [-0.25, -0.2) is 12.9 Å². The zero-order chi connectivity index (χ0) is 22.3. The predicted molar refractivity (Wildman–Crippen MR) is 116 cm³/mol. The number of benzene rings is 2. The third kappa shape index (κ3) is 5.49. The first-order valence-electron chi connectivity index (χ1n) is 10.2. The average molecular weight is 456 g/mol. The van der Waals surface area contributed by atoms with Crippen molar-refractivity contribution in [3.63, 3.8) is 0 Å². The maximum atomic E-state index is 13.4. The van der Waals surface area contributed by atoms with Crippen LogP contribution in [0.5, 0.6) is 5.75 Å². The van der Waals surface area contributed by atoms with Gasteiger partial charge in [-0.2, -0.15) is 10.2 Å². The van der Waals surface area contributed by atoms with Crippen LogP contribution < -0.4 is 9.64 Å². The number of halogens is 1. The van der Waals surface area contributed by atoms with E-state index in [9.17, 15) is 8.60 Å². The molecule has 1 aliphatic rings. The molecule has 2 aromatic carbocycles. The average Bonchev–Trinajstić information content (AvgIpc) is 3.28. The van der Waals surface area contributed by atoms with Gasteiger partial charge in [-0.3, -0.25) is 0 Å². The molecule has 1 saturated heterocycles. The van der Waals surface area contributed by atoms with Crippen molar-refractivity contribution >= 4 is 17.0 Å². The molecule has 0 spiro atoms. The fourth-order valence-electron chi connectivity index (χ4n) is 3.34. The Labute approximate surface area is 187 Å². The van der Waals surface area contributed by atoms with E-state index >= 15 is 0 Å². The van der Waals surface area contributed by atoms with E-state index in [4.69, 9.17) is 14.5 Å². The van der Waals surface area contributed by atoms with Crippen LogP contribution in [-0.2, 0) is 17.4 Å².